The minimum atomic E-state index is 0.976. The second kappa shape index (κ2) is 12.4. The van der Waals surface area contributed by atoms with Gasteiger partial charge < -0.3 is 9.47 Å². The molecular weight excluding hydrogens is 605 g/mol. The van der Waals surface area contributed by atoms with Crippen LogP contribution in [-0.4, -0.2) is 4.57 Å². The molecule has 0 aliphatic carbocycles. The molecule has 0 unspecified atom stereocenters. The van der Waals surface area contributed by atoms with Crippen molar-refractivity contribution in [3.8, 4) is 39.1 Å². The second-order valence-corrected chi connectivity index (χ2v) is 12.7. The first kappa shape index (κ1) is 29.5. The van der Waals surface area contributed by atoms with Gasteiger partial charge in [0.1, 0.15) is 0 Å². The summed E-state index contributed by atoms with van der Waals surface area (Å²) in [6, 6.07) is 61.0. The molecule has 7 aromatic carbocycles. The molecule has 50 heavy (non-hydrogen) atoms. The Labute approximate surface area is 292 Å². The number of nitrogens with zero attached hydrogens (tertiary/aromatic N) is 2. The van der Waals surface area contributed by atoms with E-state index in [0.29, 0.717) is 0 Å². The normalized spacial score (nSPS) is 13.9. The number of fused-ring (bicyclic) bond motifs is 4. The summed E-state index contributed by atoms with van der Waals surface area (Å²) in [7, 11) is 0. The molecule has 0 spiro atoms. The molecule has 9 rings (SSSR count). The number of benzene rings is 7. The van der Waals surface area contributed by atoms with Crippen LogP contribution in [0.4, 0.5) is 11.4 Å². The van der Waals surface area contributed by atoms with E-state index in [2.05, 4.69) is 210 Å². The van der Waals surface area contributed by atoms with E-state index in [1.807, 2.05) is 0 Å². The van der Waals surface area contributed by atoms with Crippen molar-refractivity contribution in [2.24, 2.45) is 0 Å². The molecule has 0 saturated heterocycles. The first-order valence-corrected chi connectivity index (χ1v) is 17.0. The van der Waals surface area contributed by atoms with Crippen molar-refractivity contribution in [2.75, 3.05) is 4.90 Å². The summed E-state index contributed by atoms with van der Waals surface area (Å²) in [6.07, 6.45) is 8.41. The average molecular weight is 639 g/mol. The minimum Gasteiger partial charge on any atom is -0.316 e. The van der Waals surface area contributed by atoms with E-state index in [1.54, 1.807) is 0 Å². The van der Waals surface area contributed by atoms with Gasteiger partial charge in [-0.15, -0.1) is 0 Å². The highest BCUT2D eigenvalue weighted by atomic mass is 15.1. The number of rotatable bonds is 5. The van der Waals surface area contributed by atoms with E-state index in [4.69, 9.17) is 0 Å². The zero-order chi connectivity index (χ0) is 33.4. The van der Waals surface area contributed by atoms with Gasteiger partial charge in [-0.05, 0) is 76.4 Å². The SMILES string of the molecule is C=C1/C=C\C=C/N(c2ccccc2-c2ccccc2)c2ccc(-c3ccc4c(c3)c3ccccc3n4-c3ccccc3-c3ccccc3)cc21. The van der Waals surface area contributed by atoms with E-state index < -0.39 is 0 Å². The lowest BCUT2D eigenvalue weighted by Crippen LogP contribution is -2.12. The Balaban J connectivity index is 1.19. The Morgan fingerprint density at radius 1 is 0.380 bits per heavy atom. The molecule has 1 aromatic heterocycles. The maximum absolute atomic E-state index is 4.51. The molecule has 1 aliphatic rings. The van der Waals surface area contributed by atoms with Crippen LogP contribution in [-0.2, 0) is 0 Å². The largest absolute Gasteiger partial charge is 0.316 e. The molecule has 0 saturated carbocycles. The van der Waals surface area contributed by atoms with E-state index in [1.165, 1.54) is 55.3 Å². The summed E-state index contributed by atoms with van der Waals surface area (Å²) in [5.41, 5.74) is 15.0. The van der Waals surface area contributed by atoms with Crippen molar-refractivity contribution < 1.29 is 0 Å². The Hall–Kier alpha value is -6.64. The number of allylic oxidation sites excluding steroid dienone is 4. The van der Waals surface area contributed by atoms with Crippen LogP contribution in [0.1, 0.15) is 5.56 Å². The van der Waals surface area contributed by atoms with Crippen molar-refractivity contribution in [2.45, 2.75) is 0 Å². The zero-order valence-electron chi connectivity index (χ0n) is 27.6. The topological polar surface area (TPSA) is 8.17 Å². The molecule has 236 valence electrons. The van der Waals surface area contributed by atoms with E-state index >= 15 is 0 Å². The molecule has 2 heterocycles. The fourth-order valence-corrected chi connectivity index (χ4v) is 7.36. The molecule has 0 radical (unpaired) electrons. The van der Waals surface area contributed by atoms with Crippen LogP contribution in [0.15, 0.2) is 201 Å². The summed E-state index contributed by atoms with van der Waals surface area (Å²) in [4.78, 5) is 2.29. The van der Waals surface area contributed by atoms with Gasteiger partial charge in [0, 0.05) is 33.7 Å². The molecular formula is C48H34N2. The Morgan fingerprint density at radius 3 is 1.70 bits per heavy atom. The van der Waals surface area contributed by atoms with Gasteiger partial charge in [-0.25, -0.2) is 0 Å². The van der Waals surface area contributed by atoms with Crippen LogP contribution in [0, 0.1) is 0 Å². The van der Waals surface area contributed by atoms with E-state index in [-0.39, 0.29) is 0 Å². The summed E-state index contributed by atoms with van der Waals surface area (Å²) < 4.78 is 2.42. The zero-order valence-corrected chi connectivity index (χ0v) is 27.6. The van der Waals surface area contributed by atoms with Crippen molar-refractivity contribution >= 4 is 38.8 Å². The quantitative estimate of drug-likeness (QED) is 0.182. The fraction of sp³-hybridized carbons (Fsp3) is 0. The molecule has 2 heteroatoms. The standard InChI is InChI=1S/C48H34N2/c1-34-16-14-15-31-49(44-24-11-8-21-39(44)35-17-4-2-5-18-35)45-29-27-37(32-42(34)45)38-28-30-48-43(33-38)41-23-10-13-26-47(41)50(48)46-25-12-9-22-40(46)36-19-6-3-7-20-36/h2-33H,1H2/b16-14-,31-15-. The number of para-hydroxylation sites is 3. The Morgan fingerprint density at radius 2 is 0.940 bits per heavy atom. The van der Waals surface area contributed by atoms with Crippen molar-refractivity contribution in [3.63, 3.8) is 0 Å². The first-order chi connectivity index (χ1) is 24.7. The van der Waals surface area contributed by atoms with Gasteiger partial charge in [0.15, 0.2) is 0 Å². The predicted molar refractivity (Wildman–Crippen MR) is 213 cm³/mol. The monoisotopic (exact) mass is 638 g/mol. The van der Waals surface area contributed by atoms with Crippen LogP contribution >= 0.6 is 0 Å². The van der Waals surface area contributed by atoms with Gasteiger partial charge >= 0.3 is 0 Å². The van der Waals surface area contributed by atoms with Crippen LogP contribution in [0.2, 0.25) is 0 Å². The summed E-state index contributed by atoms with van der Waals surface area (Å²) in [5.74, 6) is 0. The number of hydrogen-bond acceptors (Lipinski definition) is 1. The lowest BCUT2D eigenvalue weighted by atomic mass is 9.95. The first-order valence-electron chi connectivity index (χ1n) is 17.0. The number of anilines is 2. The van der Waals surface area contributed by atoms with Gasteiger partial charge in [-0.3, -0.25) is 0 Å². The van der Waals surface area contributed by atoms with Crippen molar-refractivity contribution in [1.82, 2.24) is 4.57 Å². The fourth-order valence-electron chi connectivity index (χ4n) is 7.36. The maximum atomic E-state index is 4.51. The summed E-state index contributed by atoms with van der Waals surface area (Å²) >= 11 is 0. The molecule has 1 aliphatic heterocycles. The molecule has 0 N–H and O–H groups in total. The number of aromatic nitrogens is 1. The van der Waals surface area contributed by atoms with Crippen molar-refractivity contribution in [1.29, 1.82) is 0 Å². The maximum Gasteiger partial charge on any atom is 0.0541 e. The summed E-state index contributed by atoms with van der Waals surface area (Å²) in [6.45, 7) is 4.51. The molecule has 2 nitrogen and oxygen atoms in total. The Kier molecular flexibility index (Phi) is 7.33. The predicted octanol–water partition coefficient (Wildman–Crippen LogP) is 13.0. The second-order valence-electron chi connectivity index (χ2n) is 12.7. The highest BCUT2D eigenvalue weighted by Gasteiger charge is 2.20. The lowest BCUT2D eigenvalue weighted by molar-refractivity contribution is 1.18. The van der Waals surface area contributed by atoms with Crippen LogP contribution in [0.25, 0.3) is 66.4 Å². The van der Waals surface area contributed by atoms with Crippen LogP contribution in [0.3, 0.4) is 0 Å². The third-order valence-corrected chi connectivity index (χ3v) is 9.73. The lowest BCUT2D eigenvalue weighted by Gasteiger charge is -2.27. The van der Waals surface area contributed by atoms with Gasteiger partial charge in [0.25, 0.3) is 0 Å². The molecule has 8 aromatic rings. The third kappa shape index (κ3) is 5.06. The molecule has 0 atom stereocenters. The van der Waals surface area contributed by atoms with E-state index in [9.17, 15) is 0 Å². The average Bonchev–Trinajstić information content (AvgIpc) is 3.51. The van der Waals surface area contributed by atoms with Gasteiger partial charge in [0.05, 0.1) is 28.1 Å². The highest BCUT2D eigenvalue weighted by molar-refractivity contribution is 6.11. The smallest absolute Gasteiger partial charge is 0.0541 e. The number of hydrogen-bond donors (Lipinski definition) is 0. The molecule has 0 fully saturated rings. The molecule has 0 amide bonds. The Bertz CT molecular complexity index is 2600. The minimum absolute atomic E-state index is 0.976. The highest BCUT2D eigenvalue weighted by Crippen LogP contribution is 2.42. The van der Waals surface area contributed by atoms with Crippen LogP contribution < -0.4 is 4.90 Å². The third-order valence-electron chi connectivity index (χ3n) is 9.73. The van der Waals surface area contributed by atoms with Gasteiger partial charge in [-0.1, -0.05) is 146 Å². The molecule has 0 bridgehead atoms. The van der Waals surface area contributed by atoms with E-state index in [0.717, 1.165) is 28.1 Å². The van der Waals surface area contributed by atoms with Gasteiger partial charge in [-0.2, -0.15) is 0 Å². The summed E-state index contributed by atoms with van der Waals surface area (Å²) in [5, 5.41) is 2.47. The van der Waals surface area contributed by atoms with Crippen LogP contribution in [0.5, 0.6) is 0 Å². The van der Waals surface area contributed by atoms with Crippen molar-refractivity contribution in [3.05, 3.63) is 206 Å². The van der Waals surface area contributed by atoms with Gasteiger partial charge in [0.2, 0.25) is 0 Å².